The Balaban J connectivity index is 0. The summed E-state index contributed by atoms with van der Waals surface area (Å²) in [5, 5.41) is 0. The molecule has 0 spiro atoms. The molecule has 0 saturated carbocycles. The van der Waals surface area contributed by atoms with Crippen molar-refractivity contribution in [2.45, 2.75) is 84.0 Å². The van der Waals surface area contributed by atoms with E-state index >= 15 is 0 Å². The molecule has 1 nitrogen and oxygen atoms in total. The number of hydrogen-bond acceptors (Lipinski definition) is 1. The van der Waals surface area contributed by atoms with E-state index in [9.17, 15) is 0 Å². The van der Waals surface area contributed by atoms with Crippen molar-refractivity contribution >= 4 is 0 Å². The molecule has 0 amide bonds. The van der Waals surface area contributed by atoms with Crippen LogP contribution in [-0.4, -0.2) is 6.54 Å². The van der Waals surface area contributed by atoms with Gasteiger partial charge in [0.05, 0.1) is 0 Å². The molecule has 0 bridgehead atoms. The van der Waals surface area contributed by atoms with Crippen LogP contribution < -0.4 is 35.3 Å². The molecule has 0 heterocycles. The van der Waals surface area contributed by atoms with Crippen molar-refractivity contribution in [2.24, 2.45) is 5.73 Å². The van der Waals surface area contributed by atoms with Crippen molar-refractivity contribution < 1.29 is 29.6 Å². The topological polar surface area (TPSA) is 26.0 Å². The number of unbranched alkanes of at least 4 members (excludes halogenated alkanes) is 11. The summed E-state index contributed by atoms with van der Waals surface area (Å²) in [5.74, 6) is 0. The molecule has 0 unspecified atom stereocenters. The van der Waals surface area contributed by atoms with Gasteiger partial charge in [0.25, 0.3) is 0 Å². The Kier molecular flexibility index (Phi) is 22.1. The second-order valence-electron chi connectivity index (χ2n) is 4.68. The van der Waals surface area contributed by atoms with Crippen LogP contribution in [0.15, 0.2) is 0 Å². The van der Waals surface area contributed by atoms with Crippen molar-refractivity contribution in [1.82, 2.24) is 0 Å². The van der Waals surface area contributed by atoms with Crippen LogP contribution in [-0.2, 0) is 0 Å². The van der Waals surface area contributed by atoms with Gasteiger partial charge in [0.1, 0.15) is 0 Å². The quantitative estimate of drug-likeness (QED) is 0.405. The predicted octanol–water partition coefficient (Wildman–Crippen LogP) is 1.65. The summed E-state index contributed by atoms with van der Waals surface area (Å²) < 4.78 is 0. The second kappa shape index (κ2) is 18.3. The van der Waals surface area contributed by atoms with Crippen LogP contribution in [0.3, 0.4) is 0 Å². The van der Waals surface area contributed by atoms with Gasteiger partial charge in [0.15, 0.2) is 0 Å². The third-order valence-electron chi connectivity index (χ3n) is 3.06. The third kappa shape index (κ3) is 17.4. The van der Waals surface area contributed by atoms with Crippen molar-refractivity contribution in [3.63, 3.8) is 0 Å². The molecule has 2 N–H and O–H groups in total. The molecule has 0 aliphatic heterocycles. The summed E-state index contributed by atoms with van der Waals surface area (Å²) in [6.07, 6.45) is 16.9. The molecule has 16 heavy (non-hydrogen) atoms. The Labute approximate surface area is 125 Å². The normalized spacial score (nSPS) is 10.1. The van der Waals surface area contributed by atoms with Gasteiger partial charge in [-0.25, -0.2) is 0 Å². The maximum Gasteiger partial charge on any atom is 1.00 e. The second-order valence-corrected chi connectivity index (χ2v) is 4.68. The third-order valence-corrected chi connectivity index (χ3v) is 3.06. The van der Waals surface area contributed by atoms with Crippen LogP contribution in [0, 0.1) is 0 Å². The van der Waals surface area contributed by atoms with Gasteiger partial charge in [0, 0.05) is 0 Å². The zero-order valence-electron chi connectivity index (χ0n) is 11.8. The number of nitrogens with two attached hydrogens (primary N) is 1. The van der Waals surface area contributed by atoms with E-state index in [2.05, 4.69) is 6.92 Å². The zero-order chi connectivity index (χ0) is 11.2. The Bertz CT molecular complexity index is 94.9. The minimum absolute atomic E-state index is 0. The van der Waals surface area contributed by atoms with Gasteiger partial charge in [-0.1, -0.05) is 77.6 Å². The monoisotopic (exact) mass is 236 g/mol. The SMILES string of the molecule is CCCCCCCCCCCCCCN.[Na+]. The molecule has 2 heteroatoms. The first-order chi connectivity index (χ1) is 7.41. The molecular formula is C14H31NNa+. The Morgan fingerprint density at radius 2 is 0.875 bits per heavy atom. The van der Waals surface area contributed by atoms with Crippen LogP contribution in [0.25, 0.3) is 0 Å². The van der Waals surface area contributed by atoms with E-state index in [4.69, 9.17) is 5.73 Å². The molecule has 0 saturated heterocycles. The van der Waals surface area contributed by atoms with Gasteiger partial charge in [-0.2, -0.15) is 0 Å². The number of rotatable bonds is 12. The zero-order valence-corrected chi connectivity index (χ0v) is 13.8. The minimum atomic E-state index is 0. The van der Waals surface area contributed by atoms with E-state index < -0.39 is 0 Å². The molecule has 0 rings (SSSR count). The standard InChI is InChI=1S/C14H31N.Na/c1-2-3-4-5-6-7-8-9-10-11-12-13-14-15;/h2-15H2,1H3;/q;+1. The molecule has 0 radical (unpaired) electrons. The van der Waals surface area contributed by atoms with E-state index in [1.54, 1.807) is 0 Å². The largest absolute Gasteiger partial charge is 1.00 e. The van der Waals surface area contributed by atoms with Gasteiger partial charge in [-0.15, -0.1) is 0 Å². The summed E-state index contributed by atoms with van der Waals surface area (Å²) in [6.45, 7) is 3.15. The molecule has 0 aromatic rings. The fourth-order valence-corrected chi connectivity index (χ4v) is 1.99. The van der Waals surface area contributed by atoms with Crippen molar-refractivity contribution in [2.75, 3.05) is 6.54 Å². The van der Waals surface area contributed by atoms with E-state index in [1.807, 2.05) is 0 Å². The van der Waals surface area contributed by atoms with Crippen LogP contribution >= 0.6 is 0 Å². The minimum Gasteiger partial charge on any atom is -0.330 e. The first kappa shape index (κ1) is 19.3. The molecule has 0 fully saturated rings. The van der Waals surface area contributed by atoms with Gasteiger partial charge >= 0.3 is 29.6 Å². The van der Waals surface area contributed by atoms with Crippen molar-refractivity contribution in [1.29, 1.82) is 0 Å². The van der Waals surface area contributed by atoms with Crippen molar-refractivity contribution in [3.8, 4) is 0 Å². The average molecular weight is 236 g/mol. The van der Waals surface area contributed by atoms with Crippen LogP contribution in [0.2, 0.25) is 0 Å². The maximum absolute atomic E-state index is 5.45. The Morgan fingerprint density at radius 1 is 0.562 bits per heavy atom. The molecular weight excluding hydrogens is 205 g/mol. The first-order valence-electron chi connectivity index (χ1n) is 7.12. The van der Waals surface area contributed by atoms with E-state index in [-0.39, 0.29) is 29.6 Å². The summed E-state index contributed by atoms with van der Waals surface area (Å²) >= 11 is 0. The van der Waals surface area contributed by atoms with Gasteiger partial charge < -0.3 is 5.73 Å². The molecule has 92 valence electrons. The average Bonchev–Trinajstić information content (AvgIpc) is 2.26. The smallest absolute Gasteiger partial charge is 0.330 e. The first-order valence-corrected chi connectivity index (χ1v) is 7.12. The van der Waals surface area contributed by atoms with E-state index in [0.717, 1.165) is 6.54 Å². The van der Waals surface area contributed by atoms with Crippen LogP contribution in [0.1, 0.15) is 84.0 Å². The molecule has 0 aliphatic rings. The van der Waals surface area contributed by atoms with Gasteiger partial charge in [0.2, 0.25) is 0 Å². The van der Waals surface area contributed by atoms with Gasteiger partial charge in [-0.05, 0) is 13.0 Å². The summed E-state index contributed by atoms with van der Waals surface area (Å²) in [7, 11) is 0. The Morgan fingerprint density at radius 3 is 1.19 bits per heavy atom. The van der Waals surface area contributed by atoms with E-state index in [1.165, 1.54) is 77.0 Å². The fourth-order valence-electron chi connectivity index (χ4n) is 1.99. The maximum atomic E-state index is 5.45. The summed E-state index contributed by atoms with van der Waals surface area (Å²) in [5.41, 5.74) is 5.45. The predicted molar refractivity (Wildman–Crippen MR) is 70.1 cm³/mol. The van der Waals surface area contributed by atoms with Gasteiger partial charge in [-0.3, -0.25) is 0 Å². The van der Waals surface area contributed by atoms with Crippen LogP contribution in [0.5, 0.6) is 0 Å². The van der Waals surface area contributed by atoms with Crippen LogP contribution in [0.4, 0.5) is 0 Å². The van der Waals surface area contributed by atoms with Crippen molar-refractivity contribution in [3.05, 3.63) is 0 Å². The Hall–Kier alpha value is 0.960. The fraction of sp³-hybridized carbons (Fsp3) is 1.00. The number of hydrogen-bond donors (Lipinski definition) is 1. The summed E-state index contributed by atoms with van der Waals surface area (Å²) in [6, 6.07) is 0. The molecule has 0 atom stereocenters. The molecule has 0 aromatic heterocycles. The molecule has 0 aliphatic carbocycles. The summed E-state index contributed by atoms with van der Waals surface area (Å²) in [4.78, 5) is 0. The molecule has 0 aromatic carbocycles. The van der Waals surface area contributed by atoms with E-state index in [0.29, 0.717) is 0 Å².